The second-order valence-electron chi connectivity index (χ2n) is 3.17. The van der Waals surface area contributed by atoms with Crippen LogP contribution in [0.1, 0.15) is 26.3 Å². The molecule has 0 aliphatic heterocycles. The van der Waals surface area contributed by atoms with Crippen molar-refractivity contribution in [2.45, 2.75) is 27.2 Å². The Hall–Kier alpha value is -1.24. The Morgan fingerprint density at radius 2 is 1.86 bits per heavy atom. The monoisotopic (exact) mass is 189 g/mol. The Morgan fingerprint density at radius 3 is 2.50 bits per heavy atom. The summed E-state index contributed by atoms with van der Waals surface area (Å²) in [6.07, 6.45) is 3.22. The van der Waals surface area contributed by atoms with Crippen LogP contribution in [-0.2, 0) is 13.5 Å². The predicted octanol–water partition coefficient (Wildman–Crippen LogP) is 3.77. The molecule has 1 heteroatoms. The number of benzene rings is 1. The van der Waals surface area contributed by atoms with Crippen molar-refractivity contribution in [3.8, 4) is 0 Å². The van der Waals surface area contributed by atoms with Gasteiger partial charge in [0.05, 0.1) is 0 Å². The van der Waals surface area contributed by atoms with Crippen molar-refractivity contribution < 1.29 is 0 Å². The molecule has 76 valence electrons. The van der Waals surface area contributed by atoms with Gasteiger partial charge in [0.15, 0.2) is 0 Å². The van der Waals surface area contributed by atoms with Gasteiger partial charge in [0, 0.05) is 18.8 Å². The van der Waals surface area contributed by atoms with Gasteiger partial charge in [-0.1, -0.05) is 26.8 Å². The summed E-state index contributed by atoms with van der Waals surface area (Å²) in [6.45, 7) is 6.18. The first-order chi connectivity index (χ1) is 6.81. The van der Waals surface area contributed by atoms with Crippen LogP contribution < -0.4 is 0 Å². The van der Waals surface area contributed by atoms with E-state index in [0.717, 1.165) is 6.42 Å². The van der Waals surface area contributed by atoms with Gasteiger partial charge in [-0.25, -0.2) is 0 Å². The number of hydrogen-bond donors (Lipinski definition) is 0. The Balaban J connectivity index is 0.000000461. The van der Waals surface area contributed by atoms with E-state index in [9.17, 15) is 0 Å². The molecule has 1 aromatic carbocycles. The summed E-state index contributed by atoms with van der Waals surface area (Å²) in [5.74, 6) is 0. The number of aromatic nitrogens is 1. The van der Waals surface area contributed by atoms with Crippen LogP contribution in [-0.4, -0.2) is 4.57 Å². The van der Waals surface area contributed by atoms with E-state index in [4.69, 9.17) is 0 Å². The lowest BCUT2D eigenvalue weighted by molar-refractivity contribution is 0.968. The molecule has 2 aromatic rings. The normalized spacial score (nSPS) is 9.71. The number of nitrogens with zero attached hydrogens (tertiary/aromatic N) is 1. The first-order valence-electron chi connectivity index (χ1n) is 5.35. The zero-order valence-electron chi connectivity index (χ0n) is 9.54. The third-order valence-corrected chi connectivity index (χ3v) is 2.36. The molecule has 14 heavy (non-hydrogen) atoms. The summed E-state index contributed by atoms with van der Waals surface area (Å²) in [6, 6.07) is 8.81. The topological polar surface area (TPSA) is 4.93 Å². The third kappa shape index (κ3) is 1.98. The van der Waals surface area contributed by atoms with Crippen LogP contribution >= 0.6 is 0 Å². The molecule has 1 aromatic heterocycles. The zero-order chi connectivity index (χ0) is 10.6. The molecule has 0 radical (unpaired) electrons. The molecular formula is C13H19N. The summed E-state index contributed by atoms with van der Waals surface area (Å²) < 4.78 is 2.15. The lowest BCUT2D eigenvalue weighted by Gasteiger charge is -1.98. The average molecular weight is 189 g/mol. The van der Waals surface area contributed by atoms with E-state index in [1.807, 2.05) is 13.8 Å². The fourth-order valence-electron chi connectivity index (χ4n) is 1.55. The summed E-state index contributed by atoms with van der Waals surface area (Å²) in [5, 5.41) is 1.34. The standard InChI is InChI=1S/C11H13N.C2H6/c1-3-9-4-5-11-10(8-9)6-7-12(11)2;1-2/h4-8H,3H2,1-2H3;1-2H3. The van der Waals surface area contributed by atoms with Crippen molar-refractivity contribution >= 4 is 10.9 Å². The van der Waals surface area contributed by atoms with Crippen LogP contribution in [0.3, 0.4) is 0 Å². The number of rotatable bonds is 1. The van der Waals surface area contributed by atoms with Crippen molar-refractivity contribution in [2.75, 3.05) is 0 Å². The summed E-state index contributed by atoms with van der Waals surface area (Å²) in [4.78, 5) is 0. The minimum absolute atomic E-state index is 1.12. The fraction of sp³-hybridized carbons (Fsp3) is 0.385. The molecule has 0 atom stereocenters. The highest BCUT2D eigenvalue weighted by atomic mass is 14.9. The minimum atomic E-state index is 1.12. The van der Waals surface area contributed by atoms with Crippen LogP contribution in [0.25, 0.3) is 10.9 Å². The highest BCUT2D eigenvalue weighted by molar-refractivity contribution is 5.80. The van der Waals surface area contributed by atoms with Gasteiger partial charge in [-0.05, 0) is 35.6 Å². The molecule has 1 heterocycles. The third-order valence-electron chi connectivity index (χ3n) is 2.36. The van der Waals surface area contributed by atoms with Gasteiger partial charge in [0.1, 0.15) is 0 Å². The summed E-state index contributed by atoms with van der Waals surface area (Å²) in [5.41, 5.74) is 2.72. The molecule has 1 nitrogen and oxygen atoms in total. The van der Waals surface area contributed by atoms with Crippen LogP contribution in [0, 0.1) is 0 Å². The Bertz CT molecular complexity index is 399. The van der Waals surface area contributed by atoms with Gasteiger partial charge in [0.2, 0.25) is 0 Å². The van der Waals surface area contributed by atoms with E-state index in [2.05, 4.69) is 49.0 Å². The van der Waals surface area contributed by atoms with E-state index in [-0.39, 0.29) is 0 Å². The lowest BCUT2D eigenvalue weighted by Crippen LogP contribution is -1.84. The highest BCUT2D eigenvalue weighted by Gasteiger charge is 1.97. The van der Waals surface area contributed by atoms with Gasteiger partial charge < -0.3 is 4.57 Å². The Morgan fingerprint density at radius 1 is 1.14 bits per heavy atom. The van der Waals surface area contributed by atoms with Crippen molar-refractivity contribution in [2.24, 2.45) is 7.05 Å². The zero-order valence-corrected chi connectivity index (χ0v) is 9.54. The van der Waals surface area contributed by atoms with Crippen LogP contribution in [0.4, 0.5) is 0 Å². The van der Waals surface area contributed by atoms with E-state index in [1.165, 1.54) is 16.5 Å². The minimum Gasteiger partial charge on any atom is -0.351 e. The summed E-state index contributed by atoms with van der Waals surface area (Å²) in [7, 11) is 2.08. The average Bonchev–Trinajstić information content (AvgIpc) is 2.63. The number of aryl methyl sites for hydroxylation is 2. The van der Waals surface area contributed by atoms with E-state index >= 15 is 0 Å². The molecule has 0 saturated heterocycles. The molecule has 0 amide bonds. The molecule has 0 N–H and O–H groups in total. The van der Waals surface area contributed by atoms with Gasteiger partial charge in [-0.15, -0.1) is 0 Å². The fourth-order valence-corrected chi connectivity index (χ4v) is 1.55. The first-order valence-corrected chi connectivity index (χ1v) is 5.35. The van der Waals surface area contributed by atoms with E-state index < -0.39 is 0 Å². The Labute approximate surface area is 86.4 Å². The second-order valence-corrected chi connectivity index (χ2v) is 3.17. The molecule has 0 unspecified atom stereocenters. The second kappa shape index (κ2) is 4.85. The SMILES string of the molecule is CC.CCc1ccc2c(ccn2C)c1. The lowest BCUT2D eigenvalue weighted by atomic mass is 10.1. The quantitative estimate of drug-likeness (QED) is 0.643. The van der Waals surface area contributed by atoms with Crippen molar-refractivity contribution in [3.63, 3.8) is 0 Å². The maximum atomic E-state index is 2.26. The summed E-state index contributed by atoms with van der Waals surface area (Å²) >= 11 is 0. The van der Waals surface area contributed by atoms with Crippen LogP contribution in [0.15, 0.2) is 30.5 Å². The maximum absolute atomic E-state index is 2.26. The number of fused-ring (bicyclic) bond motifs is 1. The van der Waals surface area contributed by atoms with Gasteiger partial charge in [-0.3, -0.25) is 0 Å². The Kier molecular flexibility index (Phi) is 3.75. The van der Waals surface area contributed by atoms with Gasteiger partial charge in [-0.2, -0.15) is 0 Å². The molecule has 0 bridgehead atoms. The number of hydrogen-bond acceptors (Lipinski definition) is 0. The van der Waals surface area contributed by atoms with Crippen LogP contribution in [0.5, 0.6) is 0 Å². The molecule has 0 fully saturated rings. The highest BCUT2D eigenvalue weighted by Crippen LogP contribution is 2.16. The maximum Gasteiger partial charge on any atom is 0.0477 e. The molecule has 0 aliphatic carbocycles. The molecule has 0 saturated carbocycles. The van der Waals surface area contributed by atoms with E-state index in [1.54, 1.807) is 0 Å². The van der Waals surface area contributed by atoms with Gasteiger partial charge >= 0.3 is 0 Å². The van der Waals surface area contributed by atoms with Crippen LogP contribution in [0.2, 0.25) is 0 Å². The largest absolute Gasteiger partial charge is 0.351 e. The predicted molar refractivity (Wildman–Crippen MR) is 63.6 cm³/mol. The first kappa shape index (κ1) is 10.8. The molecule has 2 rings (SSSR count). The van der Waals surface area contributed by atoms with Crippen molar-refractivity contribution in [1.82, 2.24) is 4.57 Å². The van der Waals surface area contributed by atoms with E-state index in [0.29, 0.717) is 0 Å². The molecule has 0 spiro atoms. The molecular weight excluding hydrogens is 170 g/mol. The molecule has 0 aliphatic rings. The van der Waals surface area contributed by atoms with Crippen molar-refractivity contribution in [3.05, 3.63) is 36.0 Å². The van der Waals surface area contributed by atoms with Gasteiger partial charge in [0.25, 0.3) is 0 Å². The van der Waals surface area contributed by atoms with Crippen molar-refractivity contribution in [1.29, 1.82) is 0 Å². The smallest absolute Gasteiger partial charge is 0.0477 e.